The maximum Gasteiger partial charge on any atom is 0.0595 e. The van der Waals surface area contributed by atoms with Crippen LogP contribution in [0.5, 0.6) is 0 Å². The van der Waals surface area contributed by atoms with Crippen molar-refractivity contribution in [3.05, 3.63) is 33.8 Å². The Hall–Kier alpha value is -0.280. The van der Waals surface area contributed by atoms with Crippen molar-refractivity contribution >= 4 is 23.2 Å². The Bertz CT molecular complexity index is 462. The molecular formula is C17H26Cl2N2. The summed E-state index contributed by atoms with van der Waals surface area (Å²) in [5.74, 6) is 0.754. The minimum atomic E-state index is 0.355. The zero-order chi connectivity index (χ0) is 15.4. The molecule has 0 aliphatic carbocycles. The van der Waals surface area contributed by atoms with Gasteiger partial charge in [0.05, 0.1) is 10.0 Å². The van der Waals surface area contributed by atoms with Gasteiger partial charge in [-0.1, -0.05) is 36.2 Å². The number of nitrogens with zero attached hydrogens (tertiary/aromatic N) is 1. The lowest BCUT2D eigenvalue weighted by molar-refractivity contribution is 0.262. The predicted molar refractivity (Wildman–Crippen MR) is 92.3 cm³/mol. The zero-order valence-corrected chi connectivity index (χ0v) is 14.7. The summed E-state index contributed by atoms with van der Waals surface area (Å²) in [6.45, 7) is 10.3. The van der Waals surface area contributed by atoms with Crippen LogP contribution in [0.1, 0.15) is 45.2 Å². The molecular weight excluding hydrogens is 303 g/mol. The molecule has 2 nitrogen and oxygen atoms in total. The van der Waals surface area contributed by atoms with Crippen LogP contribution in [0, 0.1) is 5.92 Å². The molecule has 0 bridgehead atoms. The summed E-state index contributed by atoms with van der Waals surface area (Å²) in [5.41, 5.74) is 1.23. The summed E-state index contributed by atoms with van der Waals surface area (Å²) >= 11 is 12.1. The molecule has 0 saturated carbocycles. The van der Waals surface area contributed by atoms with E-state index >= 15 is 0 Å². The molecule has 0 aromatic heterocycles. The van der Waals surface area contributed by atoms with Crippen molar-refractivity contribution in [3.8, 4) is 0 Å². The van der Waals surface area contributed by atoms with Gasteiger partial charge in [-0.3, -0.25) is 0 Å². The molecule has 1 aliphatic rings. The SMILES string of the molecule is CCC(NCC1CCN(C(C)C)C1)c1ccc(Cl)c(Cl)c1. The Morgan fingerprint density at radius 3 is 2.62 bits per heavy atom. The normalized spacial score (nSPS) is 21.1. The summed E-state index contributed by atoms with van der Waals surface area (Å²) in [4.78, 5) is 2.56. The van der Waals surface area contributed by atoms with Crippen molar-refractivity contribution in [3.63, 3.8) is 0 Å². The number of benzene rings is 1. The van der Waals surface area contributed by atoms with Crippen LogP contribution >= 0.6 is 23.2 Å². The number of nitrogens with one attached hydrogen (secondary N) is 1. The molecule has 1 saturated heterocycles. The van der Waals surface area contributed by atoms with Crippen molar-refractivity contribution in [1.82, 2.24) is 10.2 Å². The Morgan fingerprint density at radius 1 is 1.29 bits per heavy atom. The molecule has 2 rings (SSSR count). The van der Waals surface area contributed by atoms with E-state index in [2.05, 4.69) is 37.1 Å². The highest BCUT2D eigenvalue weighted by molar-refractivity contribution is 6.42. The van der Waals surface area contributed by atoms with E-state index in [1.165, 1.54) is 25.1 Å². The van der Waals surface area contributed by atoms with Crippen molar-refractivity contribution < 1.29 is 0 Å². The number of halogens is 2. The molecule has 1 heterocycles. The lowest BCUT2D eigenvalue weighted by Gasteiger charge is -2.22. The number of hydrogen-bond acceptors (Lipinski definition) is 2. The van der Waals surface area contributed by atoms with E-state index in [1.54, 1.807) is 0 Å². The minimum absolute atomic E-state index is 0.355. The molecule has 118 valence electrons. The summed E-state index contributed by atoms with van der Waals surface area (Å²) in [7, 11) is 0. The highest BCUT2D eigenvalue weighted by Crippen LogP contribution is 2.27. The number of rotatable bonds is 6. The predicted octanol–water partition coefficient (Wildman–Crippen LogP) is 4.76. The van der Waals surface area contributed by atoms with Gasteiger partial charge in [-0.05, 0) is 63.4 Å². The maximum absolute atomic E-state index is 6.13. The fraction of sp³-hybridized carbons (Fsp3) is 0.647. The lowest BCUT2D eigenvalue weighted by Crippen LogP contribution is -2.32. The van der Waals surface area contributed by atoms with Crippen LogP contribution in [-0.2, 0) is 0 Å². The molecule has 0 spiro atoms. The smallest absolute Gasteiger partial charge is 0.0595 e. The molecule has 0 amide bonds. The topological polar surface area (TPSA) is 15.3 Å². The molecule has 4 heteroatoms. The molecule has 1 fully saturated rings. The zero-order valence-electron chi connectivity index (χ0n) is 13.2. The molecule has 1 aromatic rings. The van der Waals surface area contributed by atoms with Gasteiger partial charge < -0.3 is 10.2 Å². The van der Waals surface area contributed by atoms with Crippen molar-refractivity contribution in [1.29, 1.82) is 0 Å². The Labute approximate surface area is 138 Å². The van der Waals surface area contributed by atoms with Crippen LogP contribution in [0.3, 0.4) is 0 Å². The average molecular weight is 329 g/mol. The largest absolute Gasteiger partial charge is 0.310 e. The third kappa shape index (κ3) is 4.59. The first-order chi connectivity index (χ1) is 10.0. The molecule has 1 aromatic carbocycles. The highest BCUT2D eigenvalue weighted by Gasteiger charge is 2.24. The quantitative estimate of drug-likeness (QED) is 0.809. The van der Waals surface area contributed by atoms with Crippen molar-refractivity contribution in [2.24, 2.45) is 5.92 Å². The molecule has 1 N–H and O–H groups in total. The standard InChI is InChI=1S/C17H26Cl2N2/c1-4-17(14-5-6-15(18)16(19)9-14)20-10-13-7-8-21(11-13)12(2)3/h5-6,9,12-13,17,20H,4,7-8,10-11H2,1-3H3. The Kier molecular flexibility index (Phi) is 6.36. The fourth-order valence-electron chi connectivity index (χ4n) is 3.03. The van der Waals surface area contributed by atoms with Gasteiger partial charge in [0.25, 0.3) is 0 Å². The molecule has 2 atom stereocenters. The second-order valence-electron chi connectivity index (χ2n) is 6.29. The van der Waals surface area contributed by atoms with E-state index in [1.807, 2.05) is 12.1 Å². The first-order valence-corrected chi connectivity index (χ1v) is 8.69. The summed E-state index contributed by atoms with van der Waals surface area (Å²) in [6, 6.07) is 6.96. The van der Waals surface area contributed by atoms with Crippen LogP contribution in [0.2, 0.25) is 10.0 Å². The van der Waals surface area contributed by atoms with Gasteiger partial charge in [0.15, 0.2) is 0 Å². The van der Waals surface area contributed by atoms with Gasteiger partial charge >= 0.3 is 0 Å². The van der Waals surface area contributed by atoms with Gasteiger partial charge in [-0.2, -0.15) is 0 Å². The first kappa shape index (κ1) is 17.1. The Morgan fingerprint density at radius 2 is 2.05 bits per heavy atom. The van der Waals surface area contributed by atoms with E-state index in [4.69, 9.17) is 23.2 Å². The summed E-state index contributed by atoms with van der Waals surface area (Å²) < 4.78 is 0. The van der Waals surface area contributed by atoms with Crippen LogP contribution in [0.25, 0.3) is 0 Å². The average Bonchev–Trinajstić information content (AvgIpc) is 2.92. The van der Waals surface area contributed by atoms with Gasteiger partial charge in [-0.25, -0.2) is 0 Å². The molecule has 0 radical (unpaired) electrons. The molecule has 21 heavy (non-hydrogen) atoms. The second kappa shape index (κ2) is 7.82. The number of likely N-dealkylation sites (tertiary alicyclic amines) is 1. The highest BCUT2D eigenvalue weighted by atomic mass is 35.5. The minimum Gasteiger partial charge on any atom is -0.310 e. The fourth-order valence-corrected chi connectivity index (χ4v) is 3.34. The van der Waals surface area contributed by atoms with E-state index in [0.717, 1.165) is 18.9 Å². The van der Waals surface area contributed by atoms with Crippen LogP contribution in [0.15, 0.2) is 18.2 Å². The maximum atomic E-state index is 6.13. The van der Waals surface area contributed by atoms with E-state index in [0.29, 0.717) is 22.1 Å². The van der Waals surface area contributed by atoms with Crippen molar-refractivity contribution in [2.45, 2.75) is 45.7 Å². The van der Waals surface area contributed by atoms with E-state index in [9.17, 15) is 0 Å². The molecule has 1 aliphatic heterocycles. The van der Waals surface area contributed by atoms with Gasteiger partial charge in [0.2, 0.25) is 0 Å². The second-order valence-corrected chi connectivity index (χ2v) is 7.10. The monoisotopic (exact) mass is 328 g/mol. The summed E-state index contributed by atoms with van der Waals surface area (Å²) in [5, 5.41) is 4.97. The Balaban J connectivity index is 1.89. The molecule has 2 unspecified atom stereocenters. The lowest BCUT2D eigenvalue weighted by atomic mass is 10.0. The van der Waals surface area contributed by atoms with Gasteiger partial charge in [0.1, 0.15) is 0 Å². The first-order valence-electron chi connectivity index (χ1n) is 7.93. The van der Waals surface area contributed by atoms with Crippen LogP contribution in [-0.4, -0.2) is 30.6 Å². The third-order valence-electron chi connectivity index (χ3n) is 4.45. The van der Waals surface area contributed by atoms with Gasteiger partial charge in [0, 0.05) is 18.6 Å². The van der Waals surface area contributed by atoms with E-state index in [-0.39, 0.29) is 0 Å². The van der Waals surface area contributed by atoms with Crippen molar-refractivity contribution in [2.75, 3.05) is 19.6 Å². The van der Waals surface area contributed by atoms with Crippen LogP contribution in [0.4, 0.5) is 0 Å². The van der Waals surface area contributed by atoms with E-state index < -0.39 is 0 Å². The van der Waals surface area contributed by atoms with Crippen LogP contribution < -0.4 is 5.32 Å². The van der Waals surface area contributed by atoms with Gasteiger partial charge in [-0.15, -0.1) is 0 Å². The summed E-state index contributed by atoms with van der Waals surface area (Å²) in [6.07, 6.45) is 2.35. The number of hydrogen-bond donors (Lipinski definition) is 1. The third-order valence-corrected chi connectivity index (χ3v) is 5.19.